The van der Waals surface area contributed by atoms with Gasteiger partial charge in [-0.05, 0) is 18.6 Å². The maximum Gasteiger partial charge on any atom is 0.230 e. The van der Waals surface area contributed by atoms with E-state index in [-0.39, 0.29) is 12.3 Å². The van der Waals surface area contributed by atoms with Crippen LogP contribution in [0.15, 0.2) is 18.2 Å². The highest BCUT2D eigenvalue weighted by Gasteiger charge is 2.29. The molecule has 1 aromatic heterocycles. The van der Waals surface area contributed by atoms with Crippen molar-refractivity contribution in [3.63, 3.8) is 0 Å². The average molecular weight is 206 g/mol. The number of aliphatic hydroxyl groups is 1. The molecule has 1 fully saturated rings. The minimum Gasteiger partial charge on any atom is -0.391 e. The van der Waals surface area contributed by atoms with Crippen LogP contribution in [0.3, 0.4) is 0 Å². The Morgan fingerprint density at radius 3 is 3.00 bits per heavy atom. The first kappa shape index (κ1) is 10.1. The lowest BCUT2D eigenvalue weighted by Crippen LogP contribution is -2.26. The third-order valence-corrected chi connectivity index (χ3v) is 2.54. The molecule has 1 saturated heterocycles. The highest BCUT2D eigenvalue weighted by molar-refractivity contribution is 5.95. The first-order chi connectivity index (χ1) is 7.20. The van der Waals surface area contributed by atoms with E-state index < -0.39 is 6.10 Å². The minimum atomic E-state index is -0.551. The Balaban J connectivity index is 2.25. The van der Waals surface area contributed by atoms with Gasteiger partial charge in [-0.2, -0.15) is 0 Å². The topological polar surface area (TPSA) is 53.4 Å². The van der Waals surface area contributed by atoms with Gasteiger partial charge in [0.25, 0.3) is 0 Å². The van der Waals surface area contributed by atoms with Crippen LogP contribution in [0.1, 0.15) is 19.0 Å². The van der Waals surface area contributed by atoms with Crippen LogP contribution in [0.2, 0.25) is 0 Å². The largest absolute Gasteiger partial charge is 0.391 e. The third-order valence-electron chi connectivity index (χ3n) is 2.54. The highest BCUT2D eigenvalue weighted by Crippen LogP contribution is 2.19. The van der Waals surface area contributed by atoms with E-state index in [0.29, 0.717) is 12.4 Å². The second-order valence-electron chi connectivity index (χ2n) is 3.70. The van der Waals surface area contributed by atoms with Gasteiger partial charge >= 0.3 is 0 Å². The van der Waals surface area contributed by atoms with Crippen LogP contribution >= 0.6 is 0 Å². The molecule has 80 valence electrons. The Labute approximate surface area is 88.6 Å². The van der Waals surface area contributed by atoms with Gasteiger partial charge in [0.2, 0.25) is 5.91 Å². The van der Waals surface area contributed by atoms with Crippen LogP contribution in [0.5, 0.6) is 0 Å². The molecule has 4 heteroatoms. The van der Waals surface area contributed by atoms with Crippen molar-refractivity contribution in [3.05, 3.63) is 23.9 Å². The Morgan fingerprint density at radius 1 is 1.60 bits per heavy atom. The molecule has 15 heavy (non-hydrogen) atoms. The number of hydrogen-bond acceptors (Lipinski definition) is 3. The number of hydrogen-bond donors (Lipinski definition) is 1. The Kier molecular flexibility index (Phi) is 2.68. The van der Waals surface area contributed by atoms with E-state index in [1.54, 1.807) is 11.0 Å². The summed E-state index contributed by atoms with van der Waals surface area (Å²) in [6.45, 7) is 2.38. The summed E-state index contributed by atoms with van der Waals surface area (Å²) in [5, 5.41) is 9.37. The number of nitrogens with zero attached hydrogens (tertiary/aromatic N) is 2. The highest BCUT2D eigenvalue weighted by atomic mass is 16.3. The second-order valence-corrected chi connectivity index (χ2v) is 3.70. The summed E-state index contributed by atoms with van der Waals surface area (Å²) in [6.07, 6.45) is 0.501. The molecule has 0 saturated carbocycles. The summed E-state index contributed by atoms with van der Waals surface area (Å²) in [6, 6.07) is 5.62. The monoisotopic (exact) mass is 206 g/mol. The number of anilines is 1. The van der Waals surface area contributed by atoms with E-state index in [9.17, 15) is 9.90 Å². The zero-order valence-electron chi connectivity index (χ0n) is 8.68. The zero-order chi connectivity index (χ0) is 10.8. The minimum absolute atomic E-state index is 0.0525. The molecule has 1 N–H and O–H groups in total. The van der Waals surface area contributed by atoms with Gasteiger partial charge in [0.05, 0.1) is 19.1 Å². The van der Waals surface area contributed by atoms with Gasteiger partial charge in [-0.15, -0.1) is 0 Å². The lowest BCUT2D eigenvalue weighted by molar-refractivity contribution is -0.117. The van der Waals surface area contributed by atoms with E-state index >= 15 is 0 Å². The fourth-order valence-corrected chi connectivity index (χ4v) is 1.72. The van der Waals surface area contributed by atoms with Crippen LogP contribution < -0.4 is 4.90 Å². The molecule has 0 spiro atoms. The first-order valence-corrected chi connectivity index (χ1v) is 5.15. The van der Waals surface area contributed by atoms with Crippen LogP contribution in [-0.2, 0) is 11.2 Å². The molecule has 4 nitrogen and oxygen atoms in total. The normalized spacial score (nSPS) is 21.1. The van der Waals surface area contributed by atoms with E-state index in [1.165, 1.54) is 0 Å². The number of rotatable bonds is 2. The number of amides is 1. The van der Waals surface area contributed by atoms with Gasteiger partial charge < -0.3 is 5.11 Å². The Hall–Kier alpha value is -1.42. The molecule has 0 aromatic carbocycles. The average Bonchev–Trinajstić information content (AvgIpc) is 2.58. The van der Waals surface area contributed by atoms with E-state index in [0.717, 1.165) is 12.1 Å². The van der Waals surface area contributed by atoms with Crippen LogP contribution in [-0.4, -0.2) is 28.6 Å². The molecule has 1 amide bonds. The van der Waals surface area contributed by atoms with E-state index in [4.69, 9.17) is 0 Å². The maximum atomic E-state index is 11.5. The summed E-state index contributed by atoms with van der Waals surface area (Å²) in [7, 11) is 0. The molecule has 0 aliphatic carbocycles. The summed E-state index contributed by atoms with van der Waals surface area (Å²) < 4.78 is 0. The predicted octanol–water partition coefficient (Wildman–Crippen LogP) is 0.742. The number of aliphatic hydroxyl groups excluding tert-OH is 1. The summed E-state index contributed by atoms with van der Waals surface area (Å²) in [5.41, 5.74) is 0.960. The molecule has 2 heterocycles. The lowest BCUT2D eigenvalue weighted by atomic mass is 10.3. The van der Waals surface area contributed by atoms with Crippen molar-refractivity contribution in [2.45, 2.75) is 25.9 Å². The standard InChI is InChI=1S/C11H14N2O2/c1-2-8-4-3-5-10(12-8)13-7-9(14)6-11(13)15/h3-5,9,14H,2,6-7H2,1H3. The number of pyridine rings is 1. The predicted molar refractivity (Wildman–Crippen MR) is 56.6 cm³/mol. The van der Waals surface area contributed by atoms with Crippen molar-refractivity contribution in [1.82, 2.24) is 4.98 Å². The van der Waals surface area contributed by atoms with Crippen molar-refractivity contribution in [2.75, 3.05) is 11.4 Å². The van der Waals surface area contributed by atoms with Gasteiger partial charge in [-0.1, -0.05) is 13.0 Å². The van der Waals surface area contributed by atoms with Gasteiger partial charge in [0.15, 0.2) is 0 Å². The second kappa shape index (κ2) is 3.98. The molecule has 0 radical (unpaired) electrons. The molecular formula is C11H14N2O2. The SMILES string of the molecule is CCc1cccc(N2CC(O)CC2=O)n1. The molecule has 1 atom stereocenters. The molecule has 1 aliphatic rings. The van der Waals surface area contributed by atoms with Gasteiger partial charge in [-0.25, -0.2) is 4.98 Å². The number of carbonyl (C=O) groups is 1. The number of aryl methyl sites for hydroxylation is 1. The zero-order valence-corrected chi connectivity index (χ0v) is 8.68. The summed E-state index contributed by atoms with van der Waals surface area (Å²) in [4.78, 5) is 17.4. The maximum absolute atomic E-state index is 11.5. The molecule has 1 aliphatic heterocycles. The van der Waals surface area contributed by atoms with Gasteiger partial charge in [0.1, 0.15) is 5.82 Å². The Bertz CT molecular complexity index is 379. The number of β-amino-alcohol motifs (C(OH)–C–C–N with tert-alkyl or cyclic N) is 1. The fraction of sp³-hybridized carbons (Fsp3) is 0.455. The number of aromatic nitrogens is 1. The van der Waals surface area contributed by atoms with Crippen molar-refractivity contribution < 1.29 is 9.90 Å². The first-order valence-electron chi connectivity index (χ1n) is 5.15. The van der Waals surface area contributed by atoms with Crippen molar-refractivity contribution >= 4 is 11.7 Å². The van der Waals surface area contributed by atoms with Crippen LogP contribution in [0.4, 0.5) is 5.82 Å². The van der Waals surface area contributed by atoms with Crippen molar-refractivity contribution in [1.29, 1.82) is 0 Å². The van der Waals surface area contributed by atoms with Gasteiger partial charge in [-0.3, -0.25) is 9.69 Å². The van der Waals surface area contributed by atoms with Gasteiger partial charge in [0, 0.05) is 5.69 Å². The van der Waals surface area contributed by atoms with E-state index in [2.05, 4.69) is 4.98 Å². The summed E-state index contributed by atoms with van der Waals surface area (Å²) in [5.74, 6) is 0.596. The van der Waals surface area contributed by atoms with Crippen LogP contribution in [0.25, 0.3) is 0 Å². The lowest BCUT2D eigenvalue weighted by Gasteiger charge is -2.15. The van der Waals surface area contributed by atoms with E-state index in [1.807, 2.05) is 19.1 Å². The quantitative estimate of drug-likeness (QED) is 0.776. The summed E-state index contributed by atoms with van der Waals surface area (Å²) >= 11 is 0. The molecular weight excluding hydrogens is 192 g/mol. The van der Waals surface area contributed by atoms with Crippen molar-refractivity contribution in [2.24, 2.45) is 0 Å². The third kappa shape index (κ3) is 1.99. The van der Waals surface area contributed by atoms with Crippen LogP contribution in [0, 0.1) is 0 Å². The molecule has 1 aromatic rings. The smallest absolute Gasteiger partial charge is 0.230 e. The van der Waals surface area contributed by atoms with Crippen molar-refractivity contribution in [3.8, 4) is 0 Å². The Morgan fingerprint density at radius 2 is 2.40 bits per heavy atom. The number of carbonyl (C=O) groups excluding carboxylic acids is 1. The fourth-order valence-electron chi connectivity index (χ4n) is 1.72. The molecule has 0 bridgehead atoms. The molecule has 1 unspecified atom stereocenters. The molecule has 2 rings (SSSR count).